The molecule has 1 aliphatic rings. The first-order chi connectivity index (χ1) is 9.69. The number of anilines is 1. The average Bonchev–Trinajstić information content (AvgIpc) is 2.46. The number of nitrogen functional groups attached to an aromatic ring is 1. The molecule has 2 rings (SSSR count). The van der Waals surface area contributed by atoms with Crippen molar-refractivity contribution in [2.75, 3.05) is 51.6 Å². The first kappa shape index (κ1) is 15.3. The van der Waals surface area contributed by atoms with Gasteiger partial charge >= 0.3 is 0 Å². The molecule has 5 nitrogen and oxygen atoms in total. The Morgan fingerprint density at radius 1 is 1.10 bits per heavy atom. The van der Waals surface area contributed by atoms with Crippen molar-refractivity contribution < 1.29 is 10.2 Å². The Balaban J connectivity index is 1.73. The largest absolute Gasteiger partial charge is 0.399 e. The van der Waals surface area contributed by atoms with E-state index in [2.05, 4.69) is 9.80 Å². The number of benzene rings is 1. The molecule has 0 bridgehead atoms. The fraction of sp³-hybridized carbons (Fsp3) is 0.600. The van der Waals surface area contributed by atoms with Crippen LogP contribution in [0.5, 0.6) is 0 Å². The summed E-state index contributed by atoms with van der Waals surface area (Å²) in [5, 5.41) is 19.1. The molecule has 1 heterocycles. The van der Waals surface area contributed by atoms with Crippen LogP contribution >= 0.6 is 0 Å². The van der Waals surface area contributed by atoms with Gasteiger partial charge in [-0.1, -0.05) is 12.1 Å². The lowest BCUT2D eigenvalue weighted by Gasteiger charge is -2.34. The van der Waals surface area contributed by atoms with Gasteiger partial charge in [-0.05, 0) is 24.1 Å². The van der Waals surface area contributed by atoms with Crippen LogP contribution in [0.4, 0.5) is 5.69 Å². The normalized spacial score (nSPS) is 19.1. The number of β-amino-alcohol motifs (C(OH)–C–C–N with tert-alkyl or cyclic N) is 1. The van der Waals surface area contributed by atoms with E-state index in [1.165, 1.54) is 0 Å². The second-order valence-corrected chi connectivity index (χ2v) is 5.38. The molecule has 0 aliphatic carbocycles. The quantitative estimate of drug-likeness (QED) is 0.653. The lowest BCUT2D eigenvalue weighted by molar-refractivity contribution is 0.0924. The molecule has 1 aliphatic heterocycles. The fourth-order valence-electron chi connectivity index (χ4n) is 2.62. The molecule has 0 amide bonds. The summed E-state index contributed by atoms with van der Waals surface area (Å²) >= 11 is 0. The van der Waals surface area contributed by atoms with Gasteiger partial charge in [0.05, 0.1) is 12.7 Å². The summed E-state index contributed by atoms with van der Waals surface area (Å²) in [6, 6.07) is 7.46. The maximum atomic E-state index is 10.2. The van der Waals surface area contributed by atoms with Gasteiger partial charge in [-0.25, -0.2) is 0 Å². The monoisotopic (exact) mass is 279 g/mol. The van der Waals surface area contributed by atoms with Crippen LogP contribution in [0.25, 0.3) is 0 Å². The number of rotatable bonds is 6. The molecular formula is C15H25N3O2. The van der Waals surface area contributed by atoms with Gasteiger partial charge < -0.3 is 20.8 Å². The summed E-state index contributed by atoms with van der Waals surface area (Å²) in [4.78, 5) is 4.63. The third-order valence-electron chi connectivity index (χ3n) is 3.90. The molecule has 0 saturated carbocycles. The third kappa shape index (κ3) is 4.45. The van der Waals surface area contributed by atoms with Crippen LogP contribution in [0, 0.1) is 0 Å². The van der Waals surface area contributed by atoms with E-state index in [1.54, 1.807) is 0 Å². The lowest BCUT2D eigenvalue weighted by Crippen LogP contribution is -2.47. The summed E-state index contributed by atoms with van der Waals surface area (Å²) in [6.07, 6.45) is 0.276. The molecule has 112 valence electrons. The standard InChI is InChI=1S/C15H25N3O2/c16-14-3-1-2-13(12-14)15(20)4-5-17-6-8-18(9-7-17)10-11-19/h1-3,12,15,19-20H,4-11,16H2. The van der Waals surface area contributed by atoms with Crippen molar-refractivity contribution in [3.05, 3.63) is 29.8 Å². The molecule has 1 aromatic carbocycles. The van der Waals surface area contributed by atoms with Crippen LogP contribution in [0.15, 0.2) is 24.3 Å². The smallest absolute Gasteiger partial charge is 0.0803 e. The van der Waals surface area contributed by atoms with Crippen molar-refractivity contribution in [1.29, 1.82) is 0 Å². The van der Waals surface area contributed by atoms with Gasteiger partial charge in [-0.15, -0.1) is 0 Å². The van der Waals surface area contributed by atoms with Crippen molar-refractivity contribution >= 4 is 5.69 Å². The van der Waals surface area contributed by atoms with Gasteiger partial charge in [0.25, 0.3) is 0 Å². The van der Waals surface area contributed by atoms with Crippen molar-refractivity contribution in [3.8, 4) is 0 Å². The van der Waals surface area contributed by atoms with Gasteiger partial charge in [0.2, 0.25) is 0 Å². The van der Waals surface area contributed by atoms with Gasteiger partial charge in [-0.3, -0.25) is 4.90 Å². The number of aliphatic hydroxyl groups excluding tert-OH is 2. The van der Waals surface area contributed by atoms with E-state index in [0.717, 1.165) is 51.3 Å². The molecule has 5 heteroatoms. The maximum Gasteiger partial charge on any atom is 0.0803 e. The molecule has 0 radical (unpaired) electrons. The highest BCUT2D eigenvalue weighted by Gasteiger charge is 2.17. The Hall–Kier alpha value is -1.14. The zero-order chi connectivity index (χ0) is 14.4. The Kier molecular flexibility index (Phi) is 5.79. The fourth-order valence-corrected chi connectivity index (χ4v) is 2.62. The van der Waals surface area contributed by atoms with E-state index in [1.807, 2.05) is 24.3 Å². The van der Waals surface area contributed by atoms with Crippen LogP contribution in [-0.4, -0.2) is 65.9 Å². The minimum absolute atomic E-state index is 0.230. The van der Waals surface area contributed by atoms with Gasteiger partial charge in [0, 0.05) is 45.0 Å². The molecule has 1 atom stereocenters. The lowest BCUT2D eigenvalue weighted by atomic mass is 10.1. The van der Waals surface area contributed by atoms with Crippen molar-refractivity contribution in [3.63, 3.8) is 0 Å². The predicted molar refractivity (Wildman–Crippen MR) is 80.4 cm³/mol. The number of hydrogen-bond acceptors (Lipinski definition) is 5. The Morgan fingerprint density at radius 2 is 1.75 bits per heavy atom. The molecule has 20 heavy (non-hydrogen) atoms. The van der Waals surface area contributed by atoms with E-state index in [0.29, 0.717) is 5.69 Å². The summed E-state index contributed by atoms with van der Waals surface area (Å²) in [7, 11) is 0. The topological polar surface area (TPSA) is 73.0 Å². The van der Waals surface area contributed by atoms with E-state index >= 15 is 0 Å². The molecule has 4 N–H and O–H groups in total. The zero-order valence-electron chi connectivity index (χ0n) is 11.9. The van der Waals surface area contributed by atoms with E-state index in [-0.39, 0.29) is 6.61 Å². The highest BCUT2D eigenvalue weighted by molar-refractivity contribution is 5.41. The Labute approximate surface area is 120 Å². The average molecular weight is 279 g/mol. The van der Waals surface area contributed by atoms with Crippen LogP contribution in [-0.2, 0) is 0 Å². The molecule has 0 spiro atoms. The maximum absolute atomic E-state index is 10.2. The Morgan fingerprint density at radius 3 is 2.35 bits per heavy atom. The molecule has 0 aromatic heterocycles. The van der Waals surface area contributed by atoms with Crippen LogP contribution in [0.1, 0.15) is 18.1 Å². The molecule has 1 fully saturated rings. The number of nitrogens with two attached hydrogens (primary N) is 1. The van der Waals surface area contributed by atoms with Gasteiger partial charge in [-0.2, -0.15) is 0 Å². The van der Waals surface area contributed by atoms with Crippen LogP contribution < -0.4 is 5.73 Å². The highest BCUT2D eigenvalue weighted by Crippen LogP contribution is 2.19. The van der Waals surface area contributed by atoms with Crippen molar-refractivity contribution in [2.45, 2.75) is 12.5 Å². The second-order valence-electron chi connectivity index (χ2n) is 5.38. The number of nitrogens with zero attached hydrogens (tertiary/aromatic N) is 2. The molecule has 1 unspecified atom stereocenters. The highest BCUT2D eigenvalue weighted by atomic mass is 16.3. The molecule has 1 saturated heterocycles. The van der Waals surface area contributed by atoms with Gasteiger partial charge in [0.1, 0.15) is 0 Å². The summed E-state index contributed by atoms with van der Waals surface area (Å²) in [6.45, 7) is 5.88. The zero-order valence-corrected chi connectivity index (χ0v) is 11.9. The Bertz CT molecular complexity index is 406. The van der Waals surface area contributed by atoms with Crippen molar-refractivity contribution in [1.82, 2.24) is 9.80 Å². The molecule has 1 aromatic rings. The van der Waals surface area contributed by atoms with Gasteiger partial charge in [0.15, 0.2) is 0 Å². The van der Waals surface area contributed by atoms with Crippen LogP contribution in [0.3, 0.4) is 0 Å². The predicted octanol–water partition coefficient (Wildman–Crippen LogP) is 0.302. The third-order valence-corrected chi connectivity index (χ3v) is 3.90. The minimum atomic E-state index is -0.450. The van der Waals surface area contributed by atoms with Crippen LogP contribution in [0.2, 0.25) is 0 Å². The van der Waals surface area contributed by atoms with E-state index in [9.17, 15) is 5.11 Å². The van der Waals surface area contributed by atoms with E-state index in [4.69, 9.17) is 10.8 Å². The van der Waals surface area contributed by atoms with Crippen molar-refractivity contribution in [2.24, 2.45) is 0 Å². The summed E-state index contributed by atoms with van der Waals surface area (Å²) < 4.78 is 0. The summed E-state index contributed by atoms with van der Waals surface area (Å²) in [5.74, 6) is 0. The SMILES string of the molecule is Nc1cccc(C(O)CCN2CCN(CCO)CC2)c1. The molecular weight excluding hydrogens is 254 g/mol. The number of hydrogen-bond donors (Lipinski definition) is 3. The first-order valence-electron chi connectivity index (χ1n) is 7.28. The minimum Gasteiger partial charge on any atom is -0.399 e. The number of piperazine rings is 1. The number of aliphatic hydroxyl groups is 2. The van der Waals surface area contributed by atoms with E-state index < -0.39 is 6.10 Å². The first-order valence-corrected chi connectivity index (χ1v) is 7.28. The summed E-state index contributed by atoms with van der Waals surface area (Å²) in [5.41, 5.74) is 7.32. The second kappa shape index (κ2) is 7.59.